The Morgan fingerprint density at radius 1 is 1.11 bits per heavy atom. The summed E-state index contributed by atoms with van der Waals surface area (Å²) in [5, 5.41) is 0. The second-order valence-electron chi connectivity index (χ2n) is 4.54. The zero-order valence-corrected chi connectivity index (χ0v) is 13.3. The lowest BCUT2D eigenvalue weighted by atomic mass is 9.85. The molecule has 19 heavy (non-hydrogen) atoms. The van der Waals surface area contributed by atoms with Crippen molar-refractivity contribution in [3.8, 4) is 0 Å². The Morgan fingerprint density at radius 3 is 2.26 bits per heavy atom. The van der Waals surface area contributed by atoms with Crippen LogP contribution in [0.15, 0.2) is 31.4 Å². The molecule has 0 aliphatic heterocycles. The van der Waals surface area contributed by atoms with E-state index in [1.165, 1.54) is 47.9 Å². The maximum Gasteiger partial charge on any atom is -0.0126 e. The lowest BCUT2D eigenvalue weighted by molar-refractivity contribution is 0.823. The molecule has 1 aliphatic rings. The van der Waals surface area contributed by atoms with Gasteiger partial charge in [0, 0.05) is 0 Å². The quantitative estimate of drug-likeness (QED) is 0.567. The smallest absolute Gasteiger partial charge is 0.0126 e. The first-order valence-electron chi connectivity index (χ1n) is 7.67. The van der Waals surface area contributed by atoms with Crippen molar-refractivity contribution in [2.45, 2.75) is 59.8 Å². The summed E-state index contributed by atoms with van der Waals surface area (Å²) in [4.78, 5) is 0. The van der Waals surface area contributed by atoms with Gasteiger partial charge in [-0.15, -0.1) is 0 Å². The van der Waals surface area contributed by atoms with E-state index in [1.807, 2.05) is 19.9 Å². The van der Waals surface area contributed by atoms with Crippen molar-refractivity contribution in [1.29, 1.82) is 0 Å². The van der Waals surface area contributed by atoms with Crippen LogP contribution in [-0.2, 0) is 6.42 Å². The van der Waals surface area contributed by atoms with Crippen molar-refractivity contribution in [2.24, 2.45) is 0 Å². The summed E-state index contributed by atoms with van der Waals surface area (Å²) < 4.78 is 0. The topological polar surface area (TPSA) is 0 Å². The first-order chi connectivity index (χ1) is 9.24. The lowest BCUT2D eigenvalue weighted by Gasteiger charge is -2.20. The highest BCUT2D eigenvalue weighted by atomic mass is 14.2. The average molecular weight is 258 g/mol. The van der Waals surface area contributed by atoms with Crippen LogP contribution >= 0.6 is 0 Å². The average Bonchev–Trinajstić information content (AvgIpc) is 2.49. The monoisotopic (exact) mass is 258 g/mol. The SMILES string of the molecule is C=Cc1cccc2c1C(=C)CCC2.CC.CCCC. The third-order valence-electron chi connectivity index (χ3n) is 3.18. The van der Waals surface area contributed by atoms with Gasteiger partial charge in [-0.3, -0.25) is 0 Å². The van der Waals surface area contributed by atoms with Gasteiger partial charge >= 0.3 is 0 Å². The van der Waals surface area contributed by atoms with Gasteiger partial charge in [0.1, 0.15) is 0 Å². The third-order valence-corrected chi connectivity index (χ3v) is 3.18. The Labute approximate surface area is 120 Å². The molecule has 1 aromatic carbocycles. The normalized spacial score (nSPS) is 12.3. The van der Waals surface area contributed by atoms with E-state index in [9.17, 15) is 0 Å². The van der Waals surface area contributed by atoms with Gasteiger partial charge in [-0.25, -0.2) is 0 Å². The van der Waals surface area contributed by atoms with Crippen molar-refractivity contribution in [3.63, 3.8) is 0 Å². The van der Waals surface area contributed by atoms with Crippen LogP contribution in [0.5, 0.6) is 0 Å². The number of hydrogen-bond acceptors (Lipinski definition) is 0. The fourth-order valence-corrected chi connectivity index (χ4v) is 2.05. The molecular formula is C19H30. The molecule has 0 heteroatoms. The van der Waals surface area contributed by atoms with Gasteiger partial charge in [-0.2, -0.15) is 0 Å². The zero-order valence-electron chi connectivity index (χ0n) is 13.3. The number of unbranched alkanes of at least 4 members (excludes halogenated alkanes) is 1. The molecule has 0 saturated carbocycles. The summed E-state index contributed by atoms with van der Waals surface area (Å²) in [5.74, 6) is 0. The van der Waals surface area contributed by atoms with Crippen LogP contribution < -0.4 is 0 Å². The first-order valence-corrected chi connectivity index (χ1v) is 7.67. The summed E-state index contributed by atoms with van der Waals surface area (Å²) in [6.45, 7) is 16.3. The van der Waals surface area contributed by atoms with Crippen LogP contribution in [0.3, 0.4) is 0 Å². The fraction of sp³-hybridized carbons (Fsp3) is 0.474. The molecule has 0 saturated heterocycles. The minimum absolute atomic E-state index is 1.14. The number of allylic oxidation sites excluding steroid dienone is 1. The second kappa shape index (κ2) is 10.6. The van der Waals surface area contributed by atoms with E-state index in [-0.39, 0.29) is 0 Å². The number of hydrogen-bond donors (Lipinski definition) is 0. The van der Waals surface area contributed by atoms with E-state index in [4.69, 9.17) is 0 Å². The maximum atomic E-state index is 4.12. The van der Waals surface area contributed by atoms with Crippen molar-refractivity contribution >= 4 is 11.6 Å². The first kappa shape index (κ1) is 17.7. The summed E-state index contributed by atoms with van der Waals surface area (Å²) in [7, 11) is 0. The van der Waals surface area contributed by atoms with Crippen LogP contribution in [0, 0.1) is 0 Å². The molecule has 0 fully saturated rings. The Morgan fingerprint density at radius 2 is 1.74 bits per heavy atom. The molecule has 0 heterocycles. The molecule has 0 bridgehead atoms. The van der Waals surface area contributed by atoms with Gasteiger partial charge in [0.25, 0.3) is 0 Å². The molecule has 0 spiro atoms. The van der Waals surface area contributed by atoms with E-state index in [1.54, 1.807) is 0 Å². The third kappa shape index (κ3) is 5.46. The van der Waals surface area contributed by atoms with Crippen molar-refractivity contribution in [2.75, 3.05) is 0 Å². The van der Waals surface area contributed by atoms with Crippen LogP contribution in [0.4, 0.5) is 0 Å². The molecule has 1 aromatic rings. The Kier molecular flexibility index (Phi) is 9.88. The van der Waals surface area contributed by atoms with E-state index in [0.29, 0.717) is 0 Å². The number of rotatable bonds is 2. The maximum absolute atomic E-state index is 4.12. The number of aryl methyl sites for hydroxylation is 1. The molecular weight excluding hydrogens is 228 g/mol. The molecule has 2 rings (SSSR count). The van der Waals surface area contributed by atoms with Crippen LogP contribution in [0.2, 0.25) is 0 Å². The summed E-state index contributed by atoms with van der Waals surface area (Å²) >= 11 is 0. The molecule has 106 valence electrons. The lowest BCUT2D eigenvalue weighted by Crippen LogP contribution is -2.02. The fourth-order valence-electron chi connectivity index (χ4n) is 2.05. The highest BCUT2D eigenvalue weighted by Gasteiger charge is 2.13. The van der Waals surface area contributed by atoms with E-state index < -0.39 is 0 Å². The molecule has 0 amide bonds. The Bertz CT molecular complexity index is 383. The van der Waals surface area contributed by atoms with Crippen LogP contribution in [0.25, 0.3) is 11.6 Å². The predicted octanol–water partition coefficient (Wildman–Crippen LogP) is 6.51. The molecule has 1 aliphatic carbocycles. The molecule has 0 unspecified atom stereocenters. The molecule has 0 atom stereocenters. The Balaban J connectivity index is 0.000000467. The molecule has 0 radical (unpaired) electrons. The van der Waals surface area contributed by atoms with E-state index in [2.05, 4.69) is 45.2 Å². The zero-order chi connectivity index (χ0) is 14.7. The standard InChI is InChI=1S/C13H14.C4H10.C2H6/c1-3-11-7-5-9-12-8-4-6-10(2)13(11)12;1-3-4-2;1-2/h3,5,7,9H,1-2,4,6,8H2;3-4H2,1-2H3;1-2H3. The molecule has 0 nitrogen and oxygen atoms in total. The van der Waals surface area contributed by atoms with Crippen LogP contribution in [0.1, 0.15) is 70.1 Å². The summed E-state index contributed by atoms with van der Waals surface area (Å²) in [5.41, 5.74) is 5.30. The van der Waals surface area contributed by atoms with Gasteiger partial charge in [0.05, 0.1) is 0 Å². The van der Waals surface area contributed by atoms with E-state index in [0.717, 1.165) is 6.42 Å². The summed E-state index contributed by atoms with van der Waals surface area (Å²) in [6.07, 6.45) is 8.13. The van der Waals surface area contributed by atoms with E-state index >= 15 is 0 Å². The van der Waals surface area contributed by atoms with Crippen molar-refractivity contribution < 1.29 is 0 Å². The number of benzene rings is 1. The van der Waals surface area contributed by atoms with Gasteiger partial charge in [-0.05, 0) is 41.5 Å². The van der Waals surface area contributed by atoms with Crippen molar-refractivity contribution in [1.82, 2.24) is 0 Å². The highest BCUT2D eigenvalue weighted by molar-refractivity contribution is 5.76. The highest BCUT2D eigenvalue weighted by Crippen LogP contribution is 2.32. The van der Waals surface area contributed by atoms with Gasteiger partial charge in [0.15, 0.2) is 0 Å². The van der Waals surface area contributed by atoms with Gasteiger partial charge in [0.2, 0.25) is 0 Å². The second-order valence-corrected chi connectivity index (χ2v) is 4.54. The van der Waals surface area contributed by atoms with Gasteiger partial charge in [-0.1, -0.05) is 78.0 Å². The Hall–Kier alpha value is -1.30. The van der Waals surface area contributed by atoms with Crippen molar-refractivity contribution in [3.05, 3.63) is 48.0 Å². The largest absolute Gasteiger partial charge is 0.0984 e. The summed E-state index contributed by atoms with van der Waals surface area (Å²) in [6, 6.07) is 6.42. The van der Waals surface area contributed by atoms with Gasteiger partial charge < -0.3 is 0 Å². The predicted molar refractivity (Wildman–Crippen MR) is 90.4 cm³/mol. The van der Waals surface area contributed by atoms with Crippen LogP contribution in [-0.4, -0.2) is 0 Å². The minimum atomic E-state index is 1.14. The number of fused-ring (bicyclic) bond motifs is 1. The minimum Gasteiger partial charge on any atom is -0.0984 e. The molecule has 0 aromatic heterocycles. The molecule has 0 N–H and O–H groups in total.